The first-order valence-electron chi connectivity index (χ1n) is 7.73. The van der Waals surface area contributed by atoms with E-state index in [0.717, 1.165) is 0 Å². The van der Waals surface area contributed by atoms with Crippen molar-refractivity contribution in [2.75, 3.05) is 27.4 Å². The monoisotopic (exact) mass is 343 g/mol. The van der Waals surface area contributed by atoms with Crippen LogP contribution in [0.5, 0.6) is 11.5 Å². The molecule has 0 fully saturated rings. The van der Waals surface area contributed by atoms with Gasteiger partial charge in [0.25, 0.3) is 0 Å². The number of aliphatic hydroxyl groups excluding tert-OH is 1. The fourth-order valence-corrected chi connectivity index (χ4v) is 2.30. The van der Waals surface area contributed by atoms with E-state index in [2.05, 4.69) is 0 Å². The lowest BCUT2D eigenvalue weighted by Gasteiger charge is -2.25. The highest BCUT2D eigenvalue weighted by molar-refractivity contribution is 5.38. The summed E-state index contributed by atoms with van der Waals surface area (Å²) in [6, 6.07) is 3.72. The Morgan fingerprint density at radius 1 is 1.08 bits per heavy atom. The zero-order valence-electron chi connectivity index (χ0n) is 14.4. The third-order valence-electron chi connectivity index (χ3n) is 3.46. The minimum Gasteiger partial charge on any atom is -0.497 e. The van der Waals surface area contributed by atoms with Crippen molar-refractivity contribution >= 4 is 0 Å². The van der Waals surface area contributed by atoms with E-state index >= 15 is 0 Å². The Morgan fingerprint density at radius 2 is 1.58 bits per heavy atom. The Morgan fingerprint density at radius 3 is 1.96 bits per heavy atom. The van der Waals surface area contributed by atoms with Crippen LogP contribution in [-0.4, -0.2) is 55.9 Å². The van der Waals surface area contributed by atoms with Crippen molar-refractivity contribution in [3.63, 3.8) is 0 Å². The van der Waals surface area contributed by atoms with Gasteiger partial charge >= 0.3 is 0 Å². The van der Waals surface area contributed by atoms with E-state index in [1.165, 1.54) is 14.2 Å². The lowest BCUT2D eigenvalue weighted by Crippen LogP contribution is -2.46. The van der Waals surface area contributed by atoms with Gasteiger partial charge in [-0.3, -0.25) is 10.1 Å². The molecule has 8 heteroatoms. The number of nitro groups is 1. The number of hydrogen-bond acceptors (Lipinski definition) is 7. The Hall–Kier alpha value is -1.90. The largest absolute Gasteiger partial charge is 0.497 e. The van der Waals surface area contributed by atoms with Crippen LogP contribution in [0.25, 0.3) is 0 Å². The van der Waals surface area contributed by atoms with Crippen LogP contribution in [0.2, 0.25) is 0 Å². The summed E-state index contributed by atoms with van der Waals surface area (Å²) in [5.41, 5.74) is 0.610. The summed E-state index contributed by atoms with van der Waals surface area (Å²) < 4.78 is 20.9. The molecule has 8 nitrogen and oxygen atoms in total. The Bertz CT molecular complexity index is 495. The van der Waals surface area contributed by atoms with Crippen LogP contribution in [0.4, 0.5) is 0 Å². The Balaban J connectivity index is 3.02. The summed E-state index contributed by atoms with van der Waals surface area (Å²) in [6.07, 6.45) is -2.47. The normalized spacial score (nSPS) is 13.6. The smallest absolute Gasteiger partial charge is 0.247 e. The molecule has 0 saturated heterocycles. The predicted molar refractivity (Wildman–Crippen MR) is 87.1 cm³/mol. The van der Waals surface area contributed by atoms with E-state index < -0.39 is 23.4 Å². The molecule has 0 amide bonds. The van der Waals surface area contributed by atoms with Crippen LogP contribution in [-0.2, 0) is 15.9 Å². The molecule has 0 radical (unpaired) electrons. The average molecular weight is 343 g/mol. The minimum atomic E-state index is -1.41. The molecule has 0 aromatic heterocycles. The van der Waals surface area contributed by atoms with Crippen molar-refractivity contribution in [2.45, 2.75) is 38.7 Å². The van der Waals surface area contributed by atoms with Gasteiger partial charge in [-0.15, -0.1) is 0 Å². The van der Waals surface area contributed by atoms with E-state index in [4.69, 9.17) is 18.9 Å². The first-order valence-corrected chi connectivity index (χ1v) is 7.73. The van der Waals surface area contributed by atoms with Gasteiger partial charge in [-0.25, -0.2) is 0 Å². The zero-order valence-corrected chi connectivity index (χ0v) is 14.4. The van der Waals surface area contributed by atoms with Crippen LogP contribution in [0.15, 0.2) is 18.2 Å². The molecule has 24 heavy (non-hydrogen) atoms. The van der Waals surface area contributed by atoms with Crippen LogP contribution in [0, 0.1) is 10.1 Å². The molecule has 2 atom stereocenters. The van der Waals surface area contributed by atoms with Gasteiger partial charge in [0.1, 0.15) is 11.5 Å². The van der Waals surface area contributed by atoms with Gasteiger partial charge in [0.05, 0.1) is 14.2 Å². The maximum Gasteiger partial charge on any atom is 0.247 e. The molecule has 0 aliphatic heterocycles. The molecular weight excluding hydrogens is 318 g/mol. The highest BCUT2D eigenvalue weighted by Crippen LogP contribution is 2.25. The molecule has 0 aliphatic carbocycles. The quantitative estimate of drug-likeness (QED) is 0.370. The van der Waals surface area contributed by atoms with Gasteiger partial charge in [-0.05, 0) is 31.5 Å². The number of ether oxygens (including phenoxy) is 4. The van der Waals surface area contributed by atoms with E-state index in [-0.39, 0.29) is 19.6 Å². The third-order valence-corrected chi connectivity index (χ3v) is 3.46. The Labute approximate surface area is 141 Å². The summed E-state index contributed by atoms with van der Waals surface area (Å²) in [5, 5.41) is 21.8. The maximum absolute atomic E-state index is 11.4. The molecule has 1 aromatic carbocycles. The number of methoxy groups -OCH3 is 2. The van der Waals surface area contributed by atoms with Gasteiger partial charge in [-0.2, -0.15) is 0 Å². The number of hydrogen-bond donors (Lipinski definition) is 1. The molecule has 0 saturated carbocycles. The van der Waals surface area contributed by atoms with E-state index in [1.54, 1.807) is 32.0 Å². The average Bonchev–Trinajstić information content (AvgIpc) is 2.58. The third kappa shape index (κ3) is 5.63. The van der Waals surface area contributed by atoms with E-state index in [1.807, 2.05) is 0 Å². The molecule has 1 aromatic rings. The molecule has 1 N–H and O–H groups in total. The summed E-state index contributed by atoms with van der Waals surface area (Å²) in [5.74, 6) is 1.04. The van der Waals surface area contributed by atoms with Gasteiger partial charge in [-0.1, -0.05) is 0 Å². The topological polar surface area (TPSA) is 100 Å². The van der Waals surface area contributed by atoms with Crippen LogP contribution in [0.3, 0.4) is 0 Å². The van der Waals surface area contributed by atoms with Gasteiger partial charge in [0.2, 0.25) is 6.04 Å². The molecule has 0 bridgehead atoms. The van der Waals surface area contributed by atoms with Crippen LogP contribution >= 0.6 is 0 Å². The van der Waals surface area contributed by atoms with E-state index in [0.29, 0.717) is 17.1 Å². The second kappa shape index (κ2) is 10.1. The van der Waals surface area contributed by atoms with Crippen molar-refractivity contribution in [3.8, 4) is 11.5 Å². The Kier molecular flexibility index (Phi) is 8.45. The fraction of sp³-hybridized carbons (Fsp3) is 0.625. The predicted octanol–water partition coefficient (Wildman–Crippen LogP) is 1.65. The summed E-state index contributed by atoms with van der Waals surface area (Å²) >= 11 is 0. The fourth-order valence-electron chi connectivity index (χ4n) is 2.30. The number of rotatable bonds is 11. The summed E-state index contributed by atoms with van der Waals surface area (Å²) in [6.45, 7) is 4.01. The first kappa shape index (κ1) is 20.1. The summed E-state index contributed by atoms with van der Waals surface area (Å²) in [7, 11) is 3.00. The summed E-state index contributed by atoms with van der Waals surface area (Å²) in [4.78, 5) is 10.9. The van der Waals surface area contributed by atoms with Crippen molar-refractivity contribution in [1.29, 1.82) is 0 Å². The molecule has 0 spiro atoms. The van der Waals surface area contributed by atoms with E-state index in [9.17, 15) is 15.2 Å². The highest BCUT2D eigenvalue weighted by atomic mass is 16.7. The molecule has 0 aliphatic rings. The molecule has 136 valence electrons. The van der Waals surface area contributed by atoms with Crippen molar-refractivity contribution in [2.24, 2.45) is 0 Å². The molecule has 0 heterocycles. The minimum absolute atomic E-state index is 0.0155. The standard InChI is InChI=1S/C16H25NO7/c1-5-23-16(24-6-2)15(18)14(17(19)20)9-11-7-12(21-3)10-13(8-11)22-4/h7-8,10,14-16,18H,5-6,9H2,1-4H3. The highest BCUT2D eigenvalue weighted by Gasteiger charge is 2.37. The molecule has 2 unspecified atom stereocenters. The molecule has 1 rings (SSSR count). The van der Waals surface area contributed by atoms with Crippen molar-refractivity contribution < 1.29 is 29.0 Å². The zero-order chi connectivity index (χ0) is 18.1. The lowest BCUT2D eigenvalue weighted by molar-refractivity contribution is -0.540. The number of benzene rings is 1. The second-order valence-electron chi connectivity index (χ2n) is 5.05. The van der Waals surface area contributed by atoms with Crippen molar-refractivity contribution in [1.82, 2.24) is 0 Å². The van der Waals surface area contributed by atoms with Gasteiger partial charge in [0, 0.05) is 30.6 Å². The number of nitrogens with zero attached hydrogens (tertiary/aromatic N) is 1. The van der Waals surface area contributed by atoms with Gasteiger partial charge in [0.15, 0.2) is 12.4 Å². The second-order valence-corrected chi connectivity index (χ2v) is 5.05. The maximum atomic E-state index is 11.4. The van der Waals surface area contributed by atoms with Crippen LogP contribution < -0.4 is 9.47 Å². The van der Waals surface area contributed by atoms with Crippen molar-refractivity contribution in [3.05, 3.63) is 33.9 Å². The lowest BCUT2D eigenvalue weighted by atomic mass is 10.0. The number of aliphatic hydroxyl groups is 1. The first-order chi connectivity index (χ1) is 11.5. The van der Waals surface area contributed by atoms with Crippen LogP contribution in [0.1, 0.15) is 19.4 Å². The van der Waals surface area contributed by atoms with Gasteiger partial charge < -0.3 is 24.1 Å². The molecular formula is C16H25NO7. The SMILES string of the molecule is CCOC(OCC)C(O)C(Cc1cc(OC)cc(OC)c1)[N+](=O)[O-].